The summed E-state index contributed by atoms with van der Waals surface area (Å²) in [5.41, 5.74) is 2.76. The molecule has 0 amide bonds. The highest BCUT2D eigenvalue weighted by Gasteiger charge is 2.31. The molecule has 0 unspecified atom stereocenters. The van der Waals surface area contributed by atoms with Gasteiger partial charge in [0.25, 0.3) is 0 Å². The quantitative estimate of drug-likeness (QED) is 0.467. The van der Waals surface area contributed by atoms with Crippen LogP contribution in [0.4, 0.5) is 13.2 Å². The first kappa shape index (κ1) is 18.9. The fourth-order valence-corrected chi connectivity index (χ4v) is 3.52. The van der Waals surface area contributed by atoms with Crippen molar-refractivity contribution in [1.82, 2.24) is 19.6 Å². The number of nitrogens with zero attached hydrogens (tertiary/aromatic N) is 4. The molecule has 0 atom stereocenters. The number of fused-ring (bicyclic) bond motifs is 1. The third-order valence-corrected chi connectivity index (χ3v) is 4.88. The molecule has 0 aliphatic rings. The van der Waals surface area contributed by atoms with Crippen molar-refractivity contribution in [2.24, 2.45) is 0 Å². The van der Waals surface area contributed by atoms with Gasteiger partial charge in [-0.25, -0.2) is 4.68 Å². The molecule has 4 aromatic rings. The normalized spacial score (nSPS) is 11.9. The van der Waals surface area contributed by atoms with Gasteiger partial charge in [-0.2, -0.15) is 13.2 Å². The number of ketones is 1. The van der Waals surface area contributed by atoms with Gasteiger partial charge in [-0.05, 0) is 50.2 Å². The van der Waals surface area contributed by atoms with E-state index in [-0.39, 0.29) is 12.3 Å². The van der Waals surface area contributed by atoms with Gasteiger partial charge in [-0.1, -0.05) is 23.4 Å². The smallest absolute Gasteiger partial charge is 0.318 e. The molecule has 2 aromatic carbocycles. The van der Waals surface area contributed by atoms with Crippen molar-refractivity contribution in [3.8, 4) is 5.69 Å². The van der Waals surface area contributed by atoms with E-state index < -0.39 is 11.7 Å². The molecule has 0 aliphatic heterocycles. The monoisotopic (exact) mass is 398 g/mol. The van der Waals surface area contributed by atoms with E-state index in [2.05, 4.69) is 10.3 Å². The van der Waals surface area contributed by atoms with Gasteiger partial charge < -0.3 is 4.57 Å². The number of benzene rings is 2. The molecule has 0 N–H and O–H groups in total. The second-order valence-corrected chi connectivity index (χ2v) is 6.83. The highest BCUT2D eigenvalue weighted by atomic mass is 19.4. The molecule has 0 bridgehead atoms. The minimum absolute atomic E-state index is 0.00655. The maximum Gasteiger partial charge on any atom is 0.416 e. The molecule has 4 rings (SSSR count). The summed E-state index contributed by atoms with van der Waals surface area (Å²) in [6, 6.07) is 14.1. The van der Waals surface area contributed by atoms with E-state index in [1.165, 1.54) is 10.7 Å². The van der Waals surface area contributed by atoms with Crippen molar-refractivity contribution >= 4 is 16.8 Å². The second-order valence-electron chi connectivity index (χ2n) is 6.83. The maximum absolute atomic E-state index is 13.1. The Hall–Kier alpha value is -3.42. The van der Waals surface area contributed by atoms with Crippen LogP contribution in [0.2, 0.25) is 0 Å². The molecule has 8 heteroatoms. The third-order valence-electron chi connectivity index (χ3n) is 4.88. The number of Topliss-reactive ketones (excluding diaryl/α,β-unsaturated/α-hetero) is 1. The van der Waals surface area contributed by atoms with Crippen LogP contribution in [0.3, 0.4) is 0 Å². The van der Waals surface area contributed by atoms with Crippen molar-refractivity contribution in [3.05, 3.63) is 77.1 Å². The van der Waals surface area contributed by atoms with Gasteiger partial charge in [0.2, 0.25) is 0 Å². The Kier molecular flexibility index (Phi) is 4.49. The molecule has 2 aromatic heterocycles. The summed E-state index contributed by atoms with van der Waals surface area (Å²) in [6.07, 6.45) is -4.43. The Balaban J connectivity index is 1.69. The minimum Gasteiger partial charge on any atom is -0.318 e. The lowest BCUT2D eigenvalue weighted by Crippen LogP contribution is -2.13. The van der Waals surface area contributed by atoms with Gasteiger partial charge in [0, 0.05) is 22.6 Å². The largest absolute Gasteiger partial charge is 0.416 e. The first-order valence-corrected chi connectivity index (χ1v) is 8.93. The van der Waals surface area contributed by atoms with Crippen LogP contribution >= 0.6 is 0 Å². The summed E-state index contributed by atoms with van der Waals surface area (Å²) in [5.74, 6) is -0.188. The van der Waals surface area contributed by atoms with Crippen molar-refractivity contribution in [3.63, 3.8) is 0 Å². The summed E-state index contributed by atoms with van der Waals surface area (Å²) >= 11 is 0. The predicted octanol–water partition coefficient (Wildman–Crippen LogP) is 4.74. The molecule has 0 radical (unpaired) electrons. The molecule has 148 valence electrons. The summed E-state index contributed by atoms with van der Waals surface area (Å²) in [7, 11) is 0. The number of halogens is 3. The first-order valence-electron chi connectivity index (χ1n) is 8.93. The van der Waals surface area contributed by atoms with Crippen LogP contribution in [-0.2, 0) is 12.7 Å². The Bertz CT molecular complexity index is 1220. The molecule has 0 saturated heterocycles. The van der Waals surface area contributed by atoms with E-state index >= 15 is 0 Å². The lowest BCUT2D eigenvalue weighted by Gasteiger charge is -2.13. The highest BCUT2D eigenvalue weighted by Crippen LogP contribution is 2.31. The predicted molar refractivity (Wildman–Crippen MR) is 102 cm³/mol. The van der Waals surface area contributed by atoms with Crippen LogP contribution < -0.4 is 0 Å². The van der Waals surface area contributed by atoms with Crippen molar-refractivity contribution in [1.29, 1.82) is 0 Å². The van der Waals surface area contributed by atoms with E-state index in [9.17, 15) is 18.0 Å². The van der Waals surface area contributed by atoms with Gasteiger partial charge in [0.15, 0.2) is 5.78 Å². The molecule has 0 fully saturated rings. The molecular formula is C21H17F3N4O. The summed E-state index contributed by atoms with van der Waals surface area (Å²) in [4.78, 5) is 12.9. The van der Waals surface area contributed by atoms with E-state index in [1.807, 2.05) is 24.3 Å². The maximum atomic E-state index is 13.1. The van der Waals surface area contributed by atoms with Crippen LogP contribution in [0.15, 0.2) is 54.6 Å². The number of aromatic nitrogens is 4. The van der Waals surface area contributed by atoms with E-state index in [1.54, 1.807) is 30.5 Å². The number of alkyl halides is 3. The SMILES string of the molecule is Cc1cc(C(=O)Cn2nnc3ccccc32)c(C)n1-c1cccc(C(F)(F)F)c1. The van der Waals surface area contributed by atoms with Gasteiger partial charge in [0.05, 0.1) is 11.1 Å². The zero-order valence-electron chi connectivity index (χ0n) is 15.7. The molecule has 0 saturated carbocycles. The Morgan fingerprint density at radius 2 is 1.79 bits per heavy atom. The Morgan fingerprint density at radius 3 is 2.55 bits per heavy atom. The molecule has 5 nitrogen and oxygen atoms in total. The van der Waals surface area contributed by atoms with Crippen LogP contribution in [0, 0.1) is 13.8 Å². The average molecular weight is 398 g/mol. The third kappa shape index (κ3) is 3.41. The number of aryl methyl sites for hydroxylation is 1. The number of para-hydroxylation sites is 1. The van der Waals surface area contributed by atoms with E-state index in [0.29, 0.717) is 28.2 Å². The van der Waals surface area contributed by atoms with Crippen molar-refractivity contribution in [2.75, 3.05) is 0 Å². The van der Waals surface area contributed by atoms with Gasteiger partial charge in [-0.3, -0.25) is 4.79 Å². The topological polar surface area (TPSA) is 52.7 Å². The number of hydrogen-bond acceptors (Lipinski definition) is 3. The van der Waals surface area contributed by atoms with E-state index in [4.69, 9.17) is 0 Å². The van der Waals surface area contributed by atoms with Crippen LogP contribution in [-0.4, -0.2) is 25.3 Å². The summed E-state index contributed by atoms with van der Waals surface area (Å²) < 4.78 is 42.4. The average Bonchev–Trinajstić information content (AvgIpc) is 3.22. The van der Waals surface area contributed by atoms with Gasteiger partial charge in [0.1, 0.15) is 12.1 Å². The highest BCUT2D eigenvalue weighted by molar-refractivity contribution is 5.98. The minimum atomic E-state index is -4.43. The lowest BCUT2D eigenvalue weighted by molar-refractivity contribution is -0.137. The van der Waals surface area contributed by atoms with Gasteiger partial charge >= 0.3 is 6.18 Å². The summed E-state index contributed by atoms with van der Waals surface area (Å²) in [5, 5.41) is 8.07. The summed E-state index contributed by atoms with van der Waals surface area (Å²) in [6.45, 7) is 3.47. The Morgan fingerprint density at radius 1 is 1.03 bits per heavy atom. The van der Waals surface area contributed by atoms with Crippen LogP contribution in [0.1, 0.15) is 27.3 Å². The second kappa shape index (κ2) is 6.88. The van der Waals surface area contributed by atoms with Crippen molar-refractivity contribution in [2.45, 2.75) is 26.6 Å². The molecule has 29 heavy (non-hydrogen) atoms. The number of rotatable bonds is 4. The van der Waals surface area contributed by atoms with Gasteiger partial charge in [-0.15, -0.1) is 5.10 Å². The number of carbonyl (C=O) groups is 1. The van der Waals surface area contributed by atoms with Crippen molar-refractivity contribution < 1.29 is 18.0 Å². The van der Waals surface area contributed by atoms with Crippen LogP contribution in [0.25, 0.3) is 16.7 Å². The zero-order valence-corrected chi connectivity index (χ0v) is 15.7. The molecular weight excluding hydrogens is 381 g/mol. The lowest BCUT2D eigenvalue weighted by atomic mass is 10.1. The zero-order chi connectivity index (χ0) is 20.8. The fraction of sp³-hybridized carbons (Fsp3) is 0.190. The molecule has 2 heterocycles. The van der Waals surface area contributed by atoms with Crippen LogP contribution in [0.5, 0.6) is 0 Å². The Labute approximate surface area is 164 Å². The first-order chi connectivity index (χ1) is 13.8. The molecule has 0 spiro atoms. The standard InChI is InChI=1S/C21H17F3N4O/c1-13-10-17(20(29)12-27-19-9-4-3-8-18(19)25-26-27)14(2)28(13)16-7-5-6-15(11-16)21(22,23)24/h3-11H,12H2,1-2H3. The number of carbonyl (C=O) groups excluding carboxylic acids is 1. The fourth-order valence-electron chi connectivity index (χ4n) is 3.52. The molecule has 0 aliphatic carbocycles. The number of hydrogen-bond donors (Lipinski definition) is 0. The van der Waals surface area contributed by atoms with E-state index in [0.717, 1.165) is 17.6 Å².